The zero-order chi connectivity index (χ0) is 8.97. The smallest absolute Gasteiger partial charge is 0.150 e. The van der Waals surface area contributed by atoms with E-state index in [1.165, 1.54) is 0 Å². The Morgan fingerprint density at radius 3 is 2.92 bits per heavy atom. The second-order valence-corrected chi connectivity index (χ2v) is 3.83. The lowest BCUT2D eigenvalue weighted by atomic mass is 9.97. The SMILES string of the molecule is CCC(C)CC(=O)C1CCCN1. The van der Waals surface area contributed by atoms with Gasteiger partial charge < -0.3 is 5.32 Å². The summed E-state index contributed by atoms with van der Waals surface area (Å²) < 4.78 is 0. The van der Waals surface area contributed by atoms with Crippen LogP contribution in [-0.4, -0.2) is 18.4 Å². The second kappa shape index (κ2) is 4.61. The topological polar surface area (TPSA) is 29.1 Å². The van der Waals surface area contributed by atoms with Gasteiger partial charge in [-0.25, -0.2) is 0 Å². The lowest BCUT2D eigenvalue weighted by Crippen LogP contribution is -2.31. The summed E-state index contributed by atoms with van der Waals surface area (Å²) in [5.41, 5.74) is 0. The minimum atomic E-state index is 0.180. The zero-order valence-corrected chi connectivity index (χ0v) is 8.10. The van der Waals surface area contributed by atoms with Crippen LogP contribution in [0.3, 0.4) is 0 Å². The predicted octanol–water partition coefficient (Wildman–Crippen LogP) is 1.74. The number of hydrogen-bond acceptors (Lipinski definition) is 2. The number of carbonyl (C=O) groups excluding carboxylic acids is 1. The molecule has 0 spiro atoms. The summed E-state index contributed by atoms with van der Waals surface area (Å²) in [6.07, 6.45) is 4.08. The van der Waals surface area contributed by atoms with Gasteiger partial charge in [0.1, 0.15) is 5.78 Å². The van der Waals surface area contributed by atoms with Crippen LogP contribution in [0, 0.1) is 5.92 Å². The summed E-state index contributed by atoms with van der Waals surface area (Å²) in [5.74, 6) is 0.974. The van der Waals surface area contributed by atoms with Gasteiger partial charge in [-0.05, 0) is 25.3 Å². The summed E-state index contributed by atoms with van der Waals surface area (Å²) in [6, 6.07) is 0.180. The molecular formula is C10H19NO. The average molecular weight is 169 g/mol. The molecular weight excluding hydrogens is 150 g/mol. The van der Waals surface area contributed by atoms with E-state index in [0.29, 0.717) is 11.7 Å². The fraction of sp³-hybridized carbons (Fsp3) is 0.900. The minimum absolute atomic E-state index is 0.180. The van der Waals surface area contributed by atoms with E-state index in [2.05, 4.69) is 19.2 Å². The number of rotatable bonds is 4. The lowest BCUT2D eigenvalue weighted by molar-refractivity contribution is -0.121. The Morgan fingerprint density at radius 2 is 2.42 bits per heavy atom. The molecule has 1 aliphatic rings. The van der Waals surface area contributed by atoms with E-state index < -0.39 is 0 Å². The van der Waals surface area contributed by atoms with Crippen LogP contribution >= 0.6 is 0 Å². The number of carbonyl (C=O) groups is 1. The molecule has 70 valence electrons. The van der Waals surface area contributed by atoms with Gasteiger partial charge in [-0.15, -0.1) is 0 Å². The summed E-state index contributed by atoms with van der Waals surface area (Å²) in [5, 5.41) is 3.24. The molecule has 0 aliphatic carbocycles. The molecule has 2 nitrogen and oxygen atoms in total. The van der Waals surface area contributed by atoms with Crippen LogP contribution in [0.4, 0.5) is 0 Å². The van der Waals surface area contributed by atoms with Crippen molar-refractivity contribution in [1.29, 1.82) is 0 Å². The highest BCUT2D eigenvalue weighted by Gasteiger charge is 2.22. The Kier molecular flexibility index (Phi) is 3.73. The highest BCUT2D eigenvalue weighted by Crippen LogP contribution is 2.13. The van der Waals surface area contributed by atoms with Gasteiger partial charge in [0.25, 0.3) is 0 Å². The summed E-state index contributed by atoms with van der Waals surface area (Å²) in [7, 11) is 0. The third-order valence-corrected chi connectivity index (χ3v) is 2.70. The van der Waals surface area contributed by atoms with Gasteiger partial charge >= 0.3 is 0 Å². The van der Waals surface area contributed by atoms with Crippen molar-refractivity contribution in [3.63, 3.8) is 0 Å². The molecule has 12 heavy (non-hydrogen) atoms. The van der Waals surface area contributed by atoms with Gasteiger partial charge in [0, 0.05) is 6.42 Å². The number of hydrogen-bond donors (Lipinski definition) is 1. The second-order valence-electron chi connectivity index (χ2n) is 3.83. The molecule has 0 radical (unpaired) electrons. The van der Waals surface area contributed by atoms with Crippen molar-refractivity contribution in [1.82, 2.24) is 5.32 Å². The van der Waals surface area contributed by atoms with Gasteiger partial charge in [-0.1, -0.05) is 20.3 Å². The Balaban J connectivity index is 2.27. The average Bonchev–Trinajstić information content (AvgIpc) is 2.56. The Morgan fingerprint density at radius 1 is 1.67 bits per heavy atom. The molecule has 2 heteroatoms. The molecule has 2 unspecified atom stereocenters. The first-order valence-corrected chi connectivity index (χ1v) is 5.00. The highest BCUT2D eigenvalue weighted by molar-refractivity contribution is 5.84. The standard InChI is InChI=1S/C10H19NO/c1-3-8(2)7-10(12)9-5-4-6-11-9/h8-9,11H,3-7H2,1-2H3. The van der Waals surface area contributed by atoms with E-state index in [0.717, 1.165) is 32.2 Å². The van der Waals surface area contributed by atoms with Crippen LogP contribution in [0.25, 0.3) is 0 Å². The van der Waals surface area contributed by atoms with Crippen LogP contribution in [0.5, 0.6) is 0 Å². The maximum Gasteiger partial charge on any atom is 0.150 e. The van der Waals surface area contributed by atoms with Gasteiger partial charge in [-0.3, -0.25) is 4.79 Å². The molecule has 1 N–H and O–H groups in total. The predicted molar refractivity (Wildman–Crippen MR) is 50.1 cm³/mol. The Hall–Kier alpha value is -0.370. The van der Waals surface area contributed by atoms with Gasteiger partial charge in [0.05, 0.1) is 6.04 Å². The molecule has 1 fully saturated rings. The fourth-order valence-corrected chi connectivity index (χ4v) is 1.59. The van der Waals surface area contributed by atoms with Crippen LogP contribution in [-0.2, 0) is 4.79 Å². The number of nitrogens with one attached hydrogen (secondary N) is 1. The van der Waals surface area contributed by atoms with Crippen molar-refractivity contribution in [2.24, 2.45) is 5.92 Å². The molecule has 1 aliphatic heterocycles. The van der Waals surface area contributed by atoms with Crippen molar-refractivity contribution in [3.8, 4) is 0 Å². The molecule has 0 aromatic heterocycles. The highest BCUT2D eigenvalue weighted by atomic mass is 16.1. The molecule has 0 saturated carbocycles. The van der Waals surface area contributed by atoms with Crippen molar-refractivity contribution in [2.45, 2.75) is 45.6 Å². The quantitative estimate of drug-likeness (QED) is 0.694. The van der Waals surface area contributed by atoms with Gasteiger partial charge in [0.2, 0.25) is 0 Å². The van der Waals surface area contributed by atoms with E-state index in [1.54, 1.807) is 0 Å². The van der Waals surface area contributed by atoms with E-state index in [1.807, 2.05) is 0 Å². The maximum absolute atomic E-state index is 11.6. The Labute approximate surface area is 74.7 Å². The zero-order valence-electron chi connectivity index (χ0n) is 8.10. The van der Waals surface area contributed by atoms with Crippen LogP contribution < -0.4 is 5.32 Å². The first-order chi connectivity index (χ1) is 5.74. The first-order valence-electron chi connectivity index (χ1n) is 5.00. The van der Waals surface area contributed by atoms with Crippen LogP contribution in [0.15, 0.2) is 0 Å². The van der Waals surface area contributed by atoms with Crippen molar-refractivity contribution in [2.75, 3.05) is 6.54 Å². The van der Waals surface area contributed by atoms with Gasteiger partial charge in [-0.2, -0.15) is 0 Å². The lowest BCUT2D eigenvalue weighted by Gasteiger charge is -2.12. The summed E-state index contributed by atoms with van der Waals surface area (Å²) in [4.78, 5) is 11.6. The first kappa shape index (κ1) is 9.72. The van der Waals surface area contributed by atoms with Crippen molar-refractivity contribution >= 4 is 5.78 Å². The summed E-state index contributed by atoms with van der Waals surface area (Å²) >= 11 is 0. The molecule has 2 atom stereocenters. The van der Waals surface area contributed by atoms with Crippen LogP contribution in [0.1, 0.15) is 39.5 Å². The normalized spacial score (nSPS) is 25.7. The molecule has 0 aromatic rings. The van der Waals surface area contributed by atoms with Crippen LogP contribution in [0.2, 0.25) is 0 Å². The maximum atomic E-state index is 11.6. The molecule has 0 bridgehead atoms. The minimum Gasteiger partial charge on any atom is -0.307 e. The van der Waals surface area contributed by atoms with Gasteiger partial charge in [0.15, 0.2) is 0 Å². The third kappa shape index (κ3) is 2.59. The van der Waals surface area contributed by atoms with Crippen molar-refractivity contribution < 1.29 is 4.79 Å². The third-order valence-electron chi connectivity index (χ3n) is 2.70. The van der Waals surface area contributed by atoms with E-state index in [9.17, 15) is 4.79 Å². The van der Waals surface area contributed by atoms with E-state index >= 15 is 0 Å². The molecule has 1 rings (SSSR count). The van der Waals surface area contributed by atoms with E-state index in [-0.39, 0.29) is 6.04 Å². The molecule has 0 amide bonds. The number of Topliss-reactive ketones (excluding diaryl/α,β-unsaturated/α-hetero) is 1. The Bertz CT molecular complexity index is 150. The van der Waals surface area contributed by atoms with Crippen molar-refractivity contribution in [3.05, 3.63) is 0 Å². The molecule has 1 heterocycles. The number of ketones is 1. The fourth-order valence-electron chi connectivity index (χ4n) is 1.59. The largest absolute Gasteiger partial charge is 0.307 e. The van der Waals surface area contributed by atoms with E-state index in [4.69, 9.17) is 0 Å². The summed E-state index contributed by atoms with van der Waals surface area (Å²) in [6.45, 7) is 5.31. The molecule has 1 saturated heterocycles. The molecule has 0 aromatic carbocycles. The monoisotopic (exact) mass is 169 g/mol.